The standard InChI is InChI=1S/C30H29N5O5/c1-39-21-9-6-18(7-10-21)16-35-28(36)13-12-26(30(35)38)34-17-20-14-19(8-11-22(20)29(34)37)24-15-25(33-32-24)23-4-3-5-27(31-23)40-2/h3-11,14,24,26,32H,12-13,15-17H2,1-2H3. The van der Waals surface area contributed by atoms with Crippen LogP contribution >= 0.6 is 0 Å². The zero-order valence-electron chi connectivity index (χ0n) is 22.3. The van der Waals surface area contributed by atoms with Gasteiger partial charge in [-0.1, -0.05) is 30.3 Å². The van der Waals surface area contributed by atoms with E-state index in [2.05, 4.69) is 15.5 Å². The van der Waals surface area contributed by atoms with E-state index < -0.39 is 6.04 Å². The Kier molecular flexibility index (Phi) is 6.67. The summed E-state index contributed by atoms with van der Waals surface area (Å²) >= 11 is 0. The molecule has 2 atom stereocenters. The largest absolute Gasteiger partial charge is 0.497 e. The molecule has 4 heterocycles. The van der Waals surface area contributed by atoms with Crippen molar-refractivity contribution in [2.75, 3.05) is 14.2 Å². The first kappa shape index (κ1) is 25.5. The number of methoxy groups -OCH3 is 2. The van der Waals surface area contributed by atoms with Crippen LogP contribution in [0.15, 0.2) is 65.8 Å². The van der Waals surface area contributed by atoms with E-state index >= 15 is 0 Å². The monoisotopic (exact) mass is 539 g/mol. The molecular weight excluding hydrogens is 510 g/mol. The lowest BCUT2D eigenvalue weighted by molar-refractivity contribution is -0.153. The van der Waals surface area contributed by atoms with E-state index in [1.807, 2.05) is 42.5 Å². The van der Waals surface area contributed by atoms with E-state index in [0.29, 0.717) is 36.6 Å². The number of hydrazone groups is 1. The quantitative estimate of drug-likeness (QED) is 0.459. The van der Waals surface area contributed by atoms with Crippen molar-refractivity contribution >= 4 is 23.4 Å². The van der Waals surface area contributed by atoms with E-state index in [1.54, 1.807) is 37.3 Å². The number of imide groups is 1. The van der Waals surface area contributed by atoms with Crippen molar-refractivity contribution in [2.45, 2.75) is 44.4 Å². The van der Waals surface area contributed by atoms with Gasteiger partial charge in [-0.3, -0.25) is 19.3 Å². The zero-order chi connectivity index (χ0) is 27.8. The molecule has 204 valence electrons. The lowest BCUT2D eigenvalue weighted by atomic mass is 9.97. The minimum atomic E-state index is -0.682. The molecule has 3 amide bonds. The molecule has 3 aliphatic heterocycles. The molecular formula is C30H29N5O5. The first-order valence-corrected chi connectivity index (χ1v) is 13.2. The first-order chi connectivity index (χ1) is 19.4. The molecule has 0 spiro atoms. The number of ether oxygens (including phenoxy) is 2. The molecule has 0 radical (unpaired) electrons. The van der Waals surface area contributed by atoms with E-state index in [0.717, 1.165) is 28.1 Å². The molecule has 3 aromatic rings. The van der Waals surface area contributed by atoms with Gasteiger partial charge in [0.1, 0.15) is 11.8 Å². The highest BCUT2D eigenvalue weighted by atomic mass is 16.5. The Morgan fingerprint density at radius 2 is 1.82 bits per heavy atom. The average Bonchev–Trinajstić information content (AvgIpc) is 3.61. The van der Waals surface area contributed by atoms with Crippen molar-refractivity contribution in [1.82, 2.24) is 20.2 Å². The Morgan fingerprint density at radius 1 is 1.00 bits per heavy atom. The van der Waals surface area contributed by atoms with Gasteiger partial charge in [-0.2, -0.15) is 5.10 Å². The SMILES string of the molecule is COc1ccc(CN2C(=O)CCC(N3Cc4cc(C5CC(c6cccc(OC)n6)=NN5)ccc4C3=O)C2=O)cc1. The van der Waals surface area contributed by atoms with Crippen molar-refractivity contribution in [3.63, 3.8) is 0 Å². The molecule has 0 saturated carbocycles. The summed E-state index contributed by atoms with van der Waals surface area (Å²) in [6.07, 6.45) is 1.17. The van der Waals surface area contributed by atoms with Crippen LogP contribution in [0, 0.1) is 0 Å². The van der Waals surface area contributed by atoms with Crippen LogP contribution in [0.2, 0.25) is 0 Å². The fourth-order valence-corrected chi connectivity index (χ4v) is 5.51. The highest BCUT2D eigenvalue weighted by molar-refractivity contribution is 6.05. The summed E-state index contributed by atoms with van der Waals surface area (Å²) in [6, 6.07) is 17.8. The second-order valence-corrected chi connectivity index (χ2v) is 10.1. The van der Waals surface area contributed by atoms with Crippen molar-refractivity contribution in [1.29, 1.82) is 0 Å². The maximum absolute atomic E-state index is 13.5. The van der Waals surface area contributed by atoms with Gasteiger partial charge in [0, 0.05) is 31.0 Å². The molecule has 0 aliphatic carbocycles. The van der Waals surface area contributed by atoms with Crippen LogP contribution in [-0.2, 0) is 22.7 Å². The van der Waals surface area contributed by atoms with Crippen molar-refractivity contribution < 1.29 is 23.9 Å². The molecule has 40 heavy (non-hydrogen) atoms. The lowest BCUT2D eigenvalue weighted by Crippen LogP contribution is -2.54. The van der Waals surface area contributed by atoms with Gasteiger partial charge in [-0.15, -0.1) is 0 Å². The number of aromatic nitrogens is 1. The normalized spacial score (nSPS) is 20.4. The third-order valence-electron chi connectivity index (χ3n) is 7.70. The van der Waals surface area contributed by atoms with E-state index in [9.17, 15) is 14.4 Å². The number of piperidine rings is 1. The number of hydrogen-bond donors (Lipinski definition) is 1. The Labute approximate surface area is 231 Å². The topological polar surface area (TPSA) is 113 Å². The summed E-state index contributed by atoms with van der Waals surface area (Å²) in [6.45, 7) is 0.482. The Hall–Kier alpha value is -4.73. The first-order valence-electron chi connectivity index (χ1n) is 13.2. The van der Waals surface area contributed by atoms with Crippen molar-refractivity contribution in [3.8, 4) is 11.6 Å². The second kappa shape index (κ2) is 10.4. The van der Waals surface area contributed by atoms with Crippen LogP contribution < -0.4 is 14.9 Å². The molecule has 0 bridgehead atoms. The number of fused-ring (bicyclic) bond motifs is 1. The van der Waals surface area contributed by atoms with Crippen LogP contribution in [0.4, 0.5) is 0 Å². The van der Waals surface area contributed by atoms with Crippen LogP contribution in [0.25, 0.3) is 0 Å². The lowest BCUT2D eigenvalue weighted by Gasteiger charge is -2.35. The number of likely N-dealkylation sites (tertiary alicyclic amines) is 1. The van der Waals surface area contributed by atoms with Gasteiger partial charge in [-0.25, -0.2) is 4.98 Å². The van der Waals surface area contributed by atoms with E-state index in [1.165, 1.54) is 4.90 Å². The summed E-state index contributed by atoms with van der Waals surface area (Å²) in [5.41, 5.74) is 8.04. The third kappa shape index (κ3) is 4.66. The summed E-state index contributed by atoms with van der Waals surface area (Å²) in [7, 11) is 3.16. The fraction of sp³-hybridized carbons (Fsp3) is 0.300. The van der Waals surface area contributed by atoms with E-state index in [-0.39, 0.29) is 36.7 Å². The molecule has 1 saturated heterocycles. The number of nitrogens with zero attached hydrogens (tertiary/aromatic N) is 4. The molecule has 2 unspecified atom stereocenters. The minimum Gasteiger partial charge on any atom is -0.497 e. The maximum atomic E-state index is 13.5. The molecule has 1 fully saturated rings. The Balaban J connectivity index is 1.15. The van der Waals surface area contributed by atoms with Crippen molar-refractivity contribution in [3.05, 3.63) is 88.6 Å². The van der Waals surface area contributed by atoms with Gasteiger partial charge >= 0.3 is 0 Å². The number of carbonyl (C=O) groups excluding carboxylic acids is 3. The summed E-state index contributed by atoms with van der Waals surface area (Å²) < 4.78 is 10.4. The molecule has 1 aromatic heterocycles. The highest BCUT2D eigenvalue weighted by Crippen LogP contribution is 2.33. The van der Waals surface area contributed by atoms with Crippen LogP contribution in [0.1, 0.15) is 58.0 Å². The minimum absolute atomic E-state index is 0.0635. The van der Waals surface area contributed by atoms with Crippen LogP contribution in [0.5, 0.6) is 11.6 Å². The van der Waals surface area contributed by atoms with Crippen LogP contribution in [-0.4, -0.2) is 58.5 Å². The Morgan fingerprint density at radius 3 is 2.60 bits per heavy atom. The zero-order valence-corrected chi connectivity index (χ0v) is 22.3. The van der Waals surface area contributed by atoms with Gasteiger partial charge in [0.15, 0.2) is 0 Å². The van der Waals surface area contributed by atoms with E-state index in [4.69, 9.17) is 9.47 Å². The smallest absolute Gasteiger partial charge is 0.255 e. The molecule has 10 nitrogen and oxygen atoms in total. The predicted molar refractivity (Wildman–Crippen MR) is 146 cm³/mol. The average molecular weight is 540 g/mol. The van der Waals surface area contributed by atoms with Gasteiger partial charge in [0.05, 0.1) is 38.2 Å². The predicted octanol–water partition coefficient (Wildman–Crippen LogP) is 3.21. The molecule has 6 rings (SSSR count). The second-order valence-electron chi connectivity index (χ2n) is 10.1. The summed E-state index contributed by atoms with van der Waals surface area (Å²) in [5.74, 6) is 0.481. The van der Waals surface area contributed by atoms with Crippen molar-refractivity contribution in [2.24, 2.45) is 5.10 Å². The maximum Gasteiger partial charge on any atom is 0.255 e. The fourth-order valence-electron chi connectivity index (χ4n) is 5.51. The summed E-state index contributed by atoms with van der Waals surface area (Å²) in [4.78, 5) is 46.9. The van der Waals surface area contributed by atoms with Gasteiger partial charge in [0.25, 0.3) is 11.8 Å². The van der Waals surface area contributed by atoms with Gasteiger partial charge in [-0.05, 0) is 47.4 Å². The molecule has 1 N–H and O–H groups in total. The molecule has 10 heteroatoms. The Bertz CT molecular complexity index is 1520. The number of carbonyl (C=O) groups is 3. The number of nitrogens with one attached hydrogen (secondary N) is 1. The number of hydrogen-bond acceptors (Lipinski definition) is 8. The number of pyridine rings is 1. The number of benzene rings is 2. The molecule has 3 aliphatic rings. The highest BCUT2D eigenvalue weighted by Gasteiger charge is 2.42. The van der Waals surface area contributed by atoms with Crippen LogP contribution in [0.3, 0.4) is 0 Å². The third-order valence-corrected chi connectivity index (χ3v) is 7.70. The molecule has 2 aromatic carbocycles. The number of amides is 3. The summed E-state index contributed by atoms with van der Waals surface area (Å²) in [5, 5.41) is 4.49. The van der Waals surface area contributed by atoms with Gasteiger partial charge in [0.2, 0.25) is 11.8 Å². The van der Waals surface area contributed by atoms with Gasteiger partial charge < -0.3 is 19.8 Å². The number of rotatable bonds is 7.